The van der Waals surface area contributed by atoms with Gasteiger partial charge in [0.15, 0.2) is 0 Å². The number of benzene rings is 2. The number of hydrogen-bond donors (Lipinski definition) is 2. The molecule has 0 radical (unpaired) electrons. The molecule has 2 N–H and O–H groups in total. The molecule has 144 valence electrons. The van der Waals surface area contributed by atoms with E-state index in [0.717, 1.165) is 49.6 Å². The number of para-hydroxylation sites is 1. The molecule has 2 aromatic carbocycles. The second-order valence-corrected chi connectivity index (χ2v) is 6.98. The van der Waals surface area contributed by atoms with E-state index >= 15 is 0 Å². The van der Waals surface area contributed by atoms with E-state index in [9.17, 15) is 9.50 Å². The van der Waals surface area contributed by atoms with Crippen molar-refractivity contribution in [2.45, 2.75) is 12.5 Å². The van der Waals surface area contributed by atoms with Crippen molar-refractivity contribution in [1.82, 2.24) is 0 Å². The number of halogens is 1. The van der Waals surface area contributed by atoms with Crippen LogP contribution in [0.4, 0.5) is 10.1 Å². The summed E-state index contributed by atoms with van der Waals surface area (Å²) >= 11 is 0. The van der Waals surface area contributed by atoms with Crippen LogP contribution in [0.1, 0.15) is 5.56 Å². The van der Waals surface area contributed by atoms with Gasteiger partial charge >= 0.3 is 0 Å². The van der Waals surface area contributed by atoms with E-state index in [1.807, 2.05) is 42.5 Å². The zero-order valence-corrected chi connectivity index (χ0v) is 15.6. The number of aliphatic hydroxyl groups excluding tert-OH is 1. The minimum Gasteiger partial charge on any atom is -0.490 e. The van der Waals surface area contributed by atoms with Crippen LogP contribution in [0.2, 0.25) is 0 Å². The second kappa shape index (κ2) is 9.53. The van der Waals surface area contributed by atoms with Crippen LogP contribution in [-0.4, -0.2) is 50.5 Å². The Balaban J connectivity index is 1.44. The molecule has 1 aliphatic rings. The molecule has 5 heteroatoms. The quantitative estimate of drug-likeness (QED) is 0.694. The zero-order valence-electron chi connectivity index (χ0n) is 15.6. The maximum Gasteiger partial charge on any atom is 0.137 e. The fourth-order valence-corrected chi connectivity index (χ4v) is 3.48. The third-order valence-electron chi connectivity index (χ3n) is 4.95. The summed E-state index contributed by atoms with van der Waals surface area (Å²) < 4.78 is 18.9. The molecule has 27 heavy (non-hydrogen) atoms. The SMILES string of the molecule is C=CCc1ccccc1OC[C@@H](O)C[NH+]1CCN(c2ccc(F)cc2)CC1. The van der Waals surface area contributed by atoms with Crippen LogP contribution >= 0.6 is 0 Å². The minimum atomic E-state index is -0.505. The lowest BCUT2D eigenvalue weighted by molar-refractivity contribution is -0.903. The highest BCUT2D eigenvalue weighted by molar-refractivity contribution is 5.46. The average molecular weight is 371 g/mol. The molecule has 1 aliphatic heterocycles. The predicted octanol–water partition coefficient (Wildman–Crippen LogP) is 1.70. The third-order valence-corrected chi connectivity index (χ3v) is 4.95. The number of nitrogens with zero attached hydrogens (tertiary/aromatic N) is 1. The molecule has 1 fully saturated rings. The number of rotatable bonds is 8. The number of quaternary nitrogens is 1. The molecule has 0 unspecified atom stereocenters. The molecule has 2 aromatic rings. The van der Waals surface area contributed by atoms with Crippen LogP contribution in [0.15, 0.2) is 61.2 Å². The summed E-state index contributed by atoms with van der Waals surface area (Å²) in [4.78, 5) is 3.63. The Morgan fingerprint density at radius 2 is 1.85 bits per heavy atom. The fraction of sp³-hybridized carbons (Fsp3) is 0.364. The van der Waals surface area contributed by atoms with Crippen molar-refractivity contribution < 1.29 is 19.1 Å². The fourth-order valence-electron chi connectivity index (χ4n) is 3.48. The monoisotopic (exact) mass is 371 g/mol. The van der Waals surface area contributed by atoms with Gasteiger partial charge in [0.2, 0.25) is 0 Å². The number of hydrogen-bond acceptors (Lipinski definition) is 3. The molecule has 0 aliphatic carbocycles. The number of aliphatic hydroxyl groups is 1. The predicted molar refractivity (Wildman–Crippen MR) is 106 cm³/mol. The molecule has 3 rings (SSSR count). The molecule has 1 atom stereocenters. The first kappa shape index (κ1) is 19.4. The van der Waals surface area contributed by atoms with E-state index < -0.39 is 6.10 Å². The van der Waals surface area contributed by atoms with Crippen molar-refractivity contribution in [3.63, 3.8) is 0 Å². The van der Waals surface area contributed by atoms with Gasteiger partial charge in [-0.15, -0.1) is 6.58 Å². The van der Waals surface area contributed by atoms with Crippen LogP contribution < -0.4 is 14.5 Å². The Morgan fingerprint density at radius 3 is 2.56 bits per heavy atom. The molecule has 0 saturated carbocycles. The number of nitrogens with one attached hydrogen (secondary N) is 1. The molecule has 1 heterocycles. The van der Waals surface area contributed by atoms with Crippen molar-refractivity contribution in [2.75, 3.05) is 44.2 Å². The topological polar surface area (TPSA) is 37.1 Å². The summed E-state index contributed by atoms with van der Waals surface area (Å²) in [6.45, 7) is 8.42. The lowest BCUT2D eigenvalue weighted by Crippen LogP contribution is -3.16. The van der Waals surface area contributed by atoms with E-state index in [1.165, 1.54) is 17.0 Å². The largest absolute Gasteiger partial charge is 0.490 e. The van der Waals surface area contributed by atoms with Gasteiger partial charge in [0.1, 0.15) is 30.8 Å². The zero-order chi connectivity index (χ0) is 19.1. The Labute approximate surface area is 160 Å². The maximum absolute atomic E-state index is 13.1. The van der Waals surface area contributed by atoms with Crippen molar-refractivity contribution in [1.29, 1.82) is 0 Å². The third kappa shape index (κ3) is 5.55. The lowest BCUT2D eigenvalue weighted by Gasteiger charge is -2.34. The Kier molecular flexibility index (Phi) is 6.85. The molecule has 0 amide bonds. The molecule has 0 spiro atoms. The van der Waals surface area contributed by atoms with Gasteiger partial charge in [0.25, 0.3) is 0 Å². The van der Waals surface area contributed by atoms with Crippen molar-refractivity contribution in [2.24, 2.45) is 0 Å². The van der Waals surface area contributed by atoms with Crippen molar-refractivity contribution >= 4 is 5.69 Å². The summed E-state index contributed by atoms with van der Waals surface area (Å²) in [5.41, 5.74) is 2.14. The van der Waals surface area contributed by atoms with Crippen LogP contribution in [0.25, 0.3) is 0 Å². The van der Waals surface area contributed by atoms with Crippen LogP contribution in [0.5, 0.6) is 5.75 Å². The average Bonchev–Trinajstić information content (AvgIpc) is 2.69. The Bertz CT molecular complexity index is 727. The highest BCUT2D eigenvalue weighted by atomic mass is 19.1. The van der Waals surface area contributed by atoms with Crippen molar-refractivity contribution in [3.8, 4) is 5.75 Å². The van der Waals surface area contributed by atoms with Gasteiger partial charge in [-0.3, -0.25) is 0 Å². The molecule has 4 nitrogen and oxygen atoms in total. The lowest BCUT2D eigenvalue weighted by atomic mass is 10.1. The highest BCUT2D eigenvalue weighted by Crippen LogP contribution is 2.19. The minimum absolute atomic E-state index is 0.208. The highest BCUT2D eigenvalue weighted by Gasteiger charge is 2.23. The first-order chi connectivity index (χ1) is 13.2. The van der Waals surface area contributed by atoms with E-state index in [2.05, 4.69) is 11.5 Å². The number of allylic oxidation sites excluding steroid dienone is 1. The van der Waals surface area contributed by atoms with Crippen LogP contribution in [-0.2, 0) is 6.42 Å². The molecular weight excluding hydrogens is 343 g/mol. The first-order valence-corrected chi connectivity index (χ1v) is 9.49. The molecule has 1 saturated heterocycles. The number of piperazine rings is 1. The summed E-state index contributed by atoms with van der Waals surface area (Å²) in [5.74, 6) is 0.605. The summed E-state index contributed by atoms with van der Waals surface area (Å²) in [7, 11) is 0. The van der Waals surface area contributed by atoms with Gasteiger partial charge in [-0.05, 0) is 42.3 Å². The Morgan fingerprint density at radius 1 is 1.15 bits per heavy atom. The van der Waals surface area contributed by atoms with Gasteiger partial charge in [0.05, 0.1) is 26.2 Å². The Hall–Kier alpha value is -2.37. The standard InChI is InChI=1S/C22H27FN2O2/c1-2-5-18-6-3-4-7-22(18)27-17-21(26)16-24-12-14-25(15-13-24)20-10-8-19(23)9-11-20/h2-4,6-11,21,26H,1,5,12-17H2/p+1/t21-/m0/s1. The van der Waals surface area contributed by atoms with Gasteiger partial charge in [-0.2, -0.15) is 0 Å². The van der Waals surface area contributed by atoms with Crippen molar-refractivity contribution in [3.05, 3.63) is 72.6 Å². The van der Waals surface area contributed by atoms with E-state index in [-0.39, 0.29) is 5.82 Å². The van der Waals surface area contributed by atoms with Gasteiger partial charge < -0.3 is 19.6 Å². The smallest absolute Gasteiger partial charge is 0.137 e. The van der Waals surface area contributed by atoms with Gasteiger partial charge in [0, 0.05) is 5.69 Å². The normalized spacial score (nSPS) is 16.1. The van der Waals surface area contributed by atoms with E-state index in [0.29, 0.717) is 13.2 Å². The van der Waals surface area contributed by atoms with E-state index in [4.69, 9.17) is 4.74 Å². The second-order valence-electron chi connectivity index (χ2n) is 6.98. The van der Waals surface area contributed by atoms with Gasteiger partial charge in [-0.1, -0.05) is 24.3 Å². The van der Waals surface area contributed by atoms with Crippen LogP contribution in [0, 0.1) is 5.82 Å². The van der Waals surface area contributed by atoms with E-state index in [1.54, 1.807) is 0 Å². The summed E-state index contributed by atoms with van der Waals surface area (Å²) in [6, 6.07) is 14.5. The molecular formula is C22H28FN2O2+. The molecule has 0 aromatic heterocycles. The number of ether oxygens (including phenoxy) is 1. The van der Waals surface area contributed by atoms with Crippen LogP contribution in [0.3, 0.4) is 0 Å². The summed E-state index contributed by atoms with van der Waals surface area (Å²) in [5, 5.41) is 10.4. The first-order valence-electron chi connectivity index (χ1n) is 9.49. The summed E-state index contributed by atoms with van der Waals surface area (Å²) in [6.07, 6.45) is 2.10. The van der Waals surface area contributed by atoms with Gasteiger partial charge in [-0.25, -0.2) is 4.39 Å². The maximum atomic E-state index is 13.1. The molecule has 0 bridgehead atoms. The number of anilines is 1.